The monoisotopic (exact) mass is 276 g/mol. The molecule has 2 rings (SSSR count). The van der Waals surface area contributed by atoms with E-state index in [9.17, 15) is 9.59 Å². The van der Waals surface area contributed by atoms with Gasteiger partial charge in [-0.05, 0) is 30.9 Å². The van der Waals surface area contributed by atoms with E-state index < -0.39 is 6.09 Å². The molecule has 5 heteroatoms. The number of benzene rings is 1. The van der Waals surface area contributed by atoms with Gasteiger partial charge in [-0.2, -0.15) is 0 Å². The van der Waals surface area contributed by atoms with Crippen molar-refractivity contribution in [2.75, 3.05) is 25.0 Å². The van der Waals surface area contributed by atoms with Crippen molar-refractivity contribution in [3.05, 3.63) is 29.3 Å². The Morgan fingerprint density at radius 1 is 1.45 bits per heavy atom. The van der Waals surface area contributed by atoms with Crippen LogP contribution in [-0.2, 0) is 16.0 Å². The summed E-state index contributed by atoms with van der Waals surface area (Å²) in [5.74, 6) is -0.187. The molecular weight excluding hydrogens is 256 g/mol. The van der Waals surface area contributed by atoms with Crippen LogP contribution in [0.4, 0.5) is 10.5 Å². The molecule has 0 radical (unpaired) electrons. The Morgan fingerprint density at radius 2 is 2.25 bits per heavy atom. The second kappa shape index (κ2) is 6.41. The first kappa shape index (κ1) is 14.4. The molecule has 1 N–H and O–H groups in total. The van der Waals surface area contributed by atoms with E-state index in [0.717, 1.165) is 29.7 Å². The van der Waals surface area contributed by atoms with Gasteiger partial charge in [0.2, 0.25) is 5.91 Å². The number of carbonyl (C=O) groups is 2. The van der Waals surface area contributed by atoms with Gasteiger partial charge < -0.3 is 10.1 Å². The number of hydrogen-bond acceptors (Lipinski definition) is 3. The van der Waals surface area contributed by atoms with Crippen molar-refractivity contribution in [1.82, 2.24) is 4.90 Å². The van der Waals surface area contributed by atoms with Gasteiger partial charge in [0.05, 0.1) is 6.61 Å². The zero-order chi connectivity index (χ0) is 14.5. The molecule has 108 valence electrons. The van der Waals surface area contributed by atoms with Gasteiger partial charge in [0.25, 0.3) is 0 Å². The number of aryl methyl sites for hydroxylation is 2. The Hall–Kier alpha value is -2.04. The van der Waals surface area contributed by atoms with Gasteiger partial charge in [-0.1, -0.05) is 25.1 Å². The van der Waals surface area contributed by atoms with Gasteiger partial charge in [0, 0.05) is 12.2 Å². The predicted octanol–water partition coefficient (Wildman–Crippen LogP) is 2.34. The molecule has 1 fully saturated rings. The summed E-state index contributed by atoms with van der Waals surface area (Å²) in [5.41, 5.74) is 2.98. The third-order valence-electron chi connectivity index (χ3n) is 3.39. The molecule has 20 heavy (non-hydrogen) atoms. The molecule has 0 unspecified atom stereocenters. The molecular formula is C15H20N2O3. The van der Waals surface area contributed by atoms with Crippen LogP contribution < -0.4 is 5.32 Å². The molecule has 0 aromatic heterocycles. The summed E-state index contributed by atoms with van der Waals surface area (Å²) < 4.78 is 4.92. The topological polar surface area (TPSA) is 58.6 Å². The molecule has 0 spiro atoms. The van der Waals surface area contributed by atoms with E-state index in [-0.39, 0.29) is 12.5 Å². The Morgan fingerprint density at radius 3 is 2.95 bits per heavy atom. The first-order valence-corrected chi connectivity index (χ1v) is 6.92. The number of rotatable bonds is 4. The fraction of sp³-hybridized carbons (Fsp3) is 0.467. The number of cyclic esters (lactones) is 1. The minimum absolute atomic E-state index is 0.0380. The molecule has 1 saturated heterocycles. The first-order valence-electron chi connectivity index (χ1n) is 6.92. The van der Waals surface area contributed by atoms with Crippen molar-refractivity contribution in [3.63, 3.8) is 0 Å². The van der Waals surface area contributed by atoms with Crippen LogP contribution in [0.15, 0.2) is 18.2 Å². The summed E-state index contributed by atoms with van der Waals surface area (Å²) in [4.78, 5) is 25.0. The van der Waals surface area contributed by atoms with Gasteiger partial charge in [-0.25, -0.2) is 4.79 Å². The molecule has 0 aliphatic carbocycles. The van der Waals surface area contributed by atoms with Crippen molar-refractivity contribution >= 4 is 17.7 Å². The Kier molecular flexibility index (Phi) is 4.61. The number of nitrogens with zero attached hydrogens (tertiary/aromatic N) is 1. The fourth-order valence-corrected chi connectivity index (χ4v) is 2.30. The van der Waals surface area contributed by atoms with Crippen LogP contribution in [0.1, 0.15) is 24.5 Å². The molecule has 0 atom stereocenters. The predicted molar refractivity (Wildman–Crippen MR) is 76.7 cm³/mol. The number of para-hydroxylation sites is 1. The maximum atomic E-state index is 12.1. The zero-order valence-electron chi connectivity index (χ0n) is 11.9. The lowest BCUT2D eigenvalue weighted by atomic mass is 10.1. The van der Waals surface area contributed by atoms with E-state index in [4.69, 9.17) is 4.74 Å². The normalized spacial score (nSPS) is 14.9. The number of ether oxygens (including phenoxy) is 1. The average molecular weight is 276 g/mol. The SMILES string of the molecule is CCc1cccc(C)c1NC(=O)CN1CCCOC1=O. The summed E-state index contributed by atoms with van der Waals surface area (Å²) in [6.07, 6.45) is 1.21. The maximum absolute atomic E-state index is 12.1. The lowest BCUT2D eigenvalue weighted by Crippen LogP contribution is -2.42. The van der Waals surface area contributed by atoms with Crippen LogP contribution in [0.5, 0.6) is 0 Å². The average Bonchev–Trinajstić information content (AvgIpc) is 2.43. The van der Waals surface area contributed by atoms with Crippen molar-refractivity contribution < 1.29 is 14.3 Å². The second-order valence-corrected chi connectivity index (χ2v) is 4.90. The van der Waals surface area contributed by atoms with Gasteiger partial charge in [-0.3, -0.25) is 9.69 Å². The maximum Gasteiger partial charge on any atom is 0.410 e. The third kappa shape index (κ3) is 3.29. The molecule has 2 amide bonds. The zero-order valence-corrected chi connectivity index (χ0v) is 11.9. The van der Waals surface area contributed by atoms with Gasteiger partial charge in [0.15, 0.2) is 0 Å². The Balaban J connectivity index is 2.03. The van der Waals surface area contributed by atoms with Crippen molar-refractivity contribution in [3.8, 4) is 0 Å². The van der Waals surface area contributed by atoms with Crippen molar-refractivity contribution in [1.29, 1.82) is 0 Å². The Labute approximate surface area is 118 Å². The summed E-state index contributed by atoms with van der Waals surface area (Å²) in [7, 11) is 0. The summed E-state index contributed by atoms with van der Waals surface area (Å²) >= 11 is 0. The lowest BCUT2D eigenvalue weighted by molar-refractivity contribution is -0.117. The van der Waals surface area contributed by atoms with E-state index in [1.54, 1.807) is 0 Å². The minimum atomic E-state index is -0.410. The molecule has 1 aromatic rings. The van der Waals surface area contributed by atoms with E-state index in [0.29, 0.717) is 13.2 Å². The van der Waals surface area contributed by atoms with Gasteiger partial charge in [-0.15, -0.1) is 0 Å². The van der Waals surface area contributed by atoms with Crippen LogP contribution in [0.25, 0.3) is 0 Å². The first-order chi connectivity index (χ1) is 9.61. The molecule has 1 aromatic carbocycles. The Bertz CT molecular complexity index is 514. The highest BCUT2D eigenvalue weighted by molar-refractivity contribution is 5.95. The van der Waals surface area contributed by atoms with Crippen molar-refractivity contribution in [2.24, 2.45) is 0 Å². The third-order valence-corrected chi connectivity index (χ3v) is 3.39. The molecule has 1 aliphatic rings. The number of nitrogens with one attached hydrogen (secondary N) is 1. The highest BCUT2D eigenvalue weighted by Gasteiger charge is 2.22. The molecule has 0 bridgehead atoms. The smallest absolute Gasteiger partial charge is 0.410 e. The molecule has 1 aliphatic heterocycles. The summed E-state index contributed by atoms with van der Waals surface area (Å²) in [6, 6.07) is 5.94. The number of carbonyl (C=O) groups excluding carboxylic acids is 2. The number of amides is 2. The number of anilines is 1. The highest BCUT2D eigenvalue weighted by Crippen LogP contribution is 2.21. The molecule has 0 saturated carbocycles. The van der Waals surface area contributed by atoms with Crippen molar-refractivity contribution in [2.45, 2.75) is 26.7 Å². The summed E-state index contributed by atoms with van der Waals surface area (Å²) in [5, 5.41) is 2.91. The summed E-state index contributed by atoms with van der Waals surface area (Å²) in [6.45, 7) is 5.06. The largest absolute Gasteiger partial charge is 0.449 e. The molecule has 1 heterocycles. The van der Waals surface area contributed by atoms with Crippen LogP contribution in [0.3, 0.4) is 0 Å². The van der Waals surface area contributed by atoms with E-state index in [1.165, 1.54) is 4.90 Å². The molecule has 5 nitrogen and oxygen atoms in total. The lowest BCUT2D eigenvalue weighted by Gasteiger charge is -2.26. The fourth-order valence-electron chi connectivity index (χ4n) is 2.30. The second-order valence-electron chi connectivity index (χ2n) is 4.90. The van der Waals surface area contributed by atoms with Crippen LogP contribution in [-0.4, -0.2) is 36.6 Å². The van der Waals surface area contributed by atoms with E-state index in [1.807, 2.05) is 32.0 Å². The van der Waals surface area contributed by atoms with Gasteiger partial charge in [0.1, 0.15) is 6.54 Å². The quantitative estimate of drug-likeness (QED) is 0.918. The van der Waals surface area contributed by atoms with E-state index in [2.05, 4.69) is 5.32 Å². The highest BCUT2D eigenvalue weighted by atomic mass is 16.6. The van der Waals surface area contributed by atoms with Crippen LogP contribution in [0, 0.1) is 6.92 Å². The van der Waals surface area contributed by atoms with Crippen LogP contribution >= 0.6 is 0 Å². The van der Waals surface area contributed by atoms with Crippen LogP contribution in [0.2, 0.25) is 0 Å². The number of hydrogen-bond donors (Lipinski definition) is 1. The van der Waals surface area contributed by atoms with E-state index >= 15 is 0 Å². The standard InChI is InChI=1S/C15H20N2O3/c1-3-12-7-4-6-11(2)14(12)16-13(18)10-17-8-5-9-20-15(17)19/h4,6-7H,3,5,8-10H2,1-2H3,(H,16,18). The van der Waals surface area contributed by atoms with Gasteiger partial charge >= 0.3 is 6.09 Å². The minimum Gasteiger partial charge on any atom is -0.449 e.